The lowest BCUT2D eigenvalue weighted by Gasteiger charge is -2.43. The molecule has 0 atom stereocenters. The monoisotopic (exact) mass is 611 g/mol. The molecule has 4 heterocycles. The Hall–Kier alpha value is -4.10. The summed E-state index contributed by atoms with van der Waals surface area (Å²) in [6.07, 6.45) is -3.91. The van der Waals surface area contributed by atoms with Gasteiger partial charge in [0.15, 0.2) is 0 Å². The van der Waals surface area contributed by atoms with Crippen LogP contribution in [0, 0.1) is 0 Å². The quantitative estimate of drug-likeness (QED) is 0.309. The highest BCUT2D eigenvalue weighted by molar-refractivity contribution is 6.06. The van der Waals surface area contributed by atoms with Gasteiger partial charge >= 0.3 is 6.18 Å². The van der Waals surface area contributed by atoms with Crippen LogP contribution in [0.1, 0.15) is 37.5 Å². The van der Waals surface area contributed by atoms with Crippen molar-refractivity contribution in [2.24, 2.45) is 0 Å². The Morgan fingerprint density at radius 1 is 1.14 bits per heavy atom. The van der Waals surface area contributed by atoms with Crippen molar-refractivity contribution in [3.05, 3.63) is 59.3 Å². The summed E-state index contributed by atoms with van der Waals surface area (Å²) in [5.41, 5.74) is 1.84. The van der Waals surface area contributed by atoms with E-state index in [1.807, 2.05) is 25.1 Å². The lowest BCUT2D eigenvalue weighted by Crippen LogP contribution is -2.56. The van der Waals surface area contributed by atoms with E-state index in [-0.39, 0.29) is 24.2 Å². The lowest BCUT2D eigenvalue weighted by molar-refractivity contribution is -0.137. The molecule has 44 heavy (non-hydrogen) atoms. The number of carbonyl (C=O) groups excluding carboxylic acids is 1. The smallest absolute Gasteiger partial charge is 0.421 e. The summed E-state index contributed by atoms with van der Waals surface area (Å²) in [6, 6.07) is 11.6. The van der Waals surface area contributed by atoms with Crippen molar-refractivity contribution in [3.63, 3.8) is 0 Å². The molecule has 2 saturated heterocycles. The molecule has 6 rings (SSSR count). The van der Waals surface area contributed by atoms with Gasteiger partial charge in [0.05, 0.1) is 37.0 Å². The molecule has 10 nitrogen and oxygen atoms in total. The first-order valence-electron chi connectivity index (χ1n) is 14.8. The van der Waals surface area contributed by atoms with Crippen LogP contribution in [0.25, 0.3) is 0 Å². The summed E-state index contributed by atoms with van der Waals surface area (Å²) in [7, 11) is 0. The second-order valence-electron chi connectivity index (χ2n) is 11.7. The van der Waals surface area contributed by atoms with Crippen molar-refractivity contribution >= 4 is 34.7 Å². The van der Waals surface area contributed by atoms with Crippen LogP contribution in [0.15, 0.2) is 42.6 Å². The highest BCUT2D eigenvalue weighted by atomic mass is 19.4. The molecule has 0 spiro atoms. The molecule has 0 unspecified atom stereocenters. The van der Waals surface area contributed by atoms with Crippen molar-refractivity contribution in [1.29, 1.82) is 0 Å². The van der Waals surface area contributed by atoms with Gasteiger partial charge in [-0.1, -0.05) is 12.1 Å². The summed E-state index contributed by atoms with van der Waals surface area (Å²) in [5, 5.41) is 8.75. The summed E-state index contributed by atoms with van der Waals surface area (Å²) < 4.78 is 53.2. The minimum absolute atomic E-state index is 0.0130. The molecule has 1 amide bonds. The van der Waals surface area contributed by atoms with Gasteiger partial charge in [0.2, 0.25) is 11.9 Å². The molecular formula is C31H36F3N7O3. The van der Waals surface area contributed by atoms with Crippen LogP contribution in [0.3, 0.4) is 0 Å². The molecule has 0 aliphatic carbocycles. The molecule has 0 saturated carbocycles. The van der Waals surface area contributed by atoms with Crippen molar-refractivity contribution < 1.29 is 27.4 Å². The van der Waals surface area contributed by atoms with Gasteiger partial charge < -0.3 is 30.3 Å². The van der Waals surface area contributed by atoms with Crippen LogP contribution in [0.2, 0.25) is 0 Å². The zero-order chi connectivity index (χ0) is 31.1. The van der Waals surface area contributed by atoms with Crippen LogP contribution < -0.4 is 25.6 Å². The van der Waals surface area contributed by atoms with E-state index in [0.717, 1.165) is 56.8 Å². The number of benzene rings is 2. The van der Waals surface area contributed by atoms with E-state index in [9.17, 15) is 18.0 Å². The average molecular weight is 612 g/mol. The Morgan fingerprint density at radius 3 is 2.59 bits per heavy atom. The minimum Gasteiger partial charge on any atom is -0.492 e. The molecule has 0 radical (unpaired) electrons. The van der Waals surface area contributed by atoms with Crippen molar-refractivity contribution in [2.75, 3.05) is 66.8 Å². The fourth-order valence-electron chi connectivity index (χ4n) is 5.93. The fourth-order valence-corrected chi connectivity index (χ4v) is 5.93. The maximum absolute atomic E-state index is 14.0. The summed E-state index contributed by atoms with van der Waals surface area (Å²) >= 11 is 0. The third-order valence-electron chi connectivity index (χ3n) is 8.46. The normalized spacial score (nSPS) is 18.4. The fraction of sp³-hybridized carbons (Fsp3) is 0.452. The number of fused-ring (bicyclic) bond motifs is 1. The van der Waals surface area contributed by atoms with Gasteiger partial charge in [0.25, 0.3) is 0 Å². The lowest BCUT2D eigenvalue weighted by atomic mass is 9.83. The maximum Gasteiger partial charge on any atom is 0.421 e. The van der Waals surface area contributed by atoms with Crippen LogP contribution in [0.4, 0.5) is 42.0 Å². The van der Waals surface area contributed by atoms with Gasteiger partial charge in [0, 0.05) is 56.4 Å². The molecule has 3 N–H and O–H groups in total. The number of hydrogen-bond acceptors (Lipinski definition) is 9. The van der Waals surface area contributed by atoms with Crippen molar-refractivity contribution in [1.82, 2.24) is 14.9 Å². The highest BCUT2D eigenvalue weighted by Crippen LogP contribution is 2.41. The molecule has 3 aromatic rings. The molecular weight excluding hydrogens is 575 g/mol. The van der Waals surface area contributed by atoms with Crippen LogP contribution in [-0.2, 0) is 27.7 Å². The van der Waals surface area contributed by atoms with Gasteiger partial charge in [-0.3, -0.25) is 9.69 Å². The van der Waals surface area contributed by atoms with Crippen LogP contribution in [0.5, 0.6) is 5.75 Å². The summed E-state index contributed by atoms with van der Waals surface area (Å²) in [5.74, 6) is 0.0108. The first-order valence-corrected chi connectivity index (χ1v) is 14.8. The molecule has 234 valence electrons. The number of anilines is 5. The van der Waals surface area contributed by atoms with Gasteiger partial charge in [-0.2, -0.15) is 18.2 Å². The number of halogens is 3. The first-order chi connectivity index (χ1) is 21.0. The molecule has 1 aromatic heterocycles. The Morgan fingerprint density at radius 2 is 1.91 bits per heavy atom. The van der Waals surface area contributed by atoms with E-state index in [4.69, 9.17) is 9.47 Å². The third-order valence-corrected chi connectivity index (χ3v) is 8.46. The number of piperazine rings is 1. The van der Waals surface area contributed by atoms with E-state index >= 15 is 0 Å². The Balaban J connectivity index is 1.22. The van der Waals surface area contributed by atoms with E-state index in [2.05, 4.69) is 35.7 Å². The zero-order valence-corrected chi connectivity index (χ0v) is 24.9. The zero-order valence-electron chi connectivity index (χ0n) is 24.9. The minimum atomic E-state index is -4.68. The SMILES string of the molecule is CCOc1cc(N2CCN(C3COC3)CC2)ccc1Nc1ncc(C(F)(F)F)c(NCc2cccc3c2C(C)(C)C(=O)N3)n1. The summed E-state index contributed by atoms with van der Waals surface area (Å²) in [4.78, 5) is 25.4. The van der Waals surface area contributed by atoms with Gasteiger partial charge in [0.1, 0.15) is 17.1 Å². The molecule has 13 heteroatoms. The average Bonchev–Trinajstić information content (AvgIpc) is 3.20. The molecule has 2 aromatic carbocycles. The predicted octanol–water partition coefficient (Wildman–Crippen LogP) is 5.00. The van der Waals surface area contributed by atoms with Crippen LogP contribution >= 0.6 is 0 Å². The third kappa shape index (κ3) is 5.85. The van der Waals surface area contributed by atoms with E-state index in [1.54, 1.807) is 32.0 Å². The number of alkyl halides is 3. The van der Waals surface area contributed by atoms with Crippen LogP contribution in [-0.4, -0.2) is 72.8 Å². The van der Waals surface area contributed by atoms with Gasteiger partial charge in [-0.05, 0) is 50.1 Å². The predicted molar refractivity (Wildman–Crippen MR) is 162 cm³/mol. The van der Waals surface area contributed by atoms with Crippen molar-refractivity contribution in [3.8, 4) is 5.75 Å². The number of rotatable bonds is 9. The number of amides is 1. The van der Waals surface area contributed by atoms with E-state index in [1.165, 1.54) is 0 Å². The standard InChI is InChI=1S/C31H36F3N7O3/c1-4-44-25-14-20(40-10-12-41(13-11-40)21-17-43-18-21)8-9-23(25)38-29-36-16-22(31(32,33)34)27(39-29)35-15-19-6-5-7-24-26(19)30(2,3)28(42)37-24/h5-9,14,16,21H,4,10-13,15,17-18H2,1-3H3,(H,37,42)(H2,35,36,38,39). The van der Waals surface area contributed by atoms with E-state index < -0.39 is 17.2 Å². The van der Waals surface area contributed by atoms with Gasteiger partial charge in [-0.25, -0.2) is 4.98 Å². The largest absolute Gasteiger partial charge is 0.492 e. The first kappa shape index (κ1) is 29.9. The Labute approximate surface area is 253 Å². The number of nitrogens with one attached hydrogen (secondary N) is 3. The number of aromatic nitrogens is 2. The summed E-state index contributed by atoms with van der Waals surface area (Å²) in [6.45, 7) is 11.1. The topological polar surface area (TPSA) is 104 Å². The molecule has 3 aliphatic rings. The molecule has 2 fully saturated rings. The number of carbonyl (C=O) groups is 1. The van der Waals surface area contributed by atoms with Gasteiger partial charge in [-0.15, -0.1) is 0 Å². The maximum atomic E-state index is 14.0. The second-order valence-corrected chi connectivity index (χ2v) is 11.7. The Kier molecular flexibility index (Phi) is 8.01. The molecule has 3 aliphatic heterocycles. The van der Waals surface area contributed by atoms with E-state index in [0.29, 0.717) is 35.3 Å². The number of ether oxygens (including phenoxy) is 2. The number of nitrogens with zero attached hydrogens (tertiary/aromatic N) is 4. The van der Waals surface area contributed by atoms with Crippen molar-refractivity contribution in [2.45, 2.75) is 44.9 Å². The highest BCUT2D eigenvalue weighted by Gasteiger charge is 2.40. The second kappa shape index (κ2) is 11.8. The Bertz CT molecular complexity index is 1540. The molecule has 0 bridgehead atoms. The number of hydrogen-bond donors (Lipinski definition) is 3.